The lowest BCUT2D eigenvalue weighted by Crippen LogP contribution is -2.32. The van der Waals surface area contributed by atoms with E-state index in [0.717, 1.165) is 6.07 Å². The largest absolute Gasteiger partial charge is 0.508 e. The second kappa shape index (κ2) is 8.48. The number of nitrogens with one attached hydrogen (secondary N) is 3. The summed E-state index contributed by atoms with van der Waals surface area (Å²) in [6.45, 7) is 2.89. The highest BCUT2D eigenvalue weighted by Gasteiger charge is 2.14. The highest BCUT2D eigenvalue weighted by atomic mass is 16.3. The molecule has 0 aromatic heterocycles. The van der Waals surface area contributed by atoms with E-state index in [4.69, 9.17) is 0 Å². The molecule has 0 aliphatic heterocycles. The molecular weight excluding hydrogens is 352 g/mol. The maximum Gasteiger partial charge on any atom is 0.329 e. The average Bonchev–Trinajstić information content (AvgIpc) is 2.60. The zero-order chi connectivity index (χ0) is 20.0. The molecule has 0 radical (unpaired) electrons. The summed E-state index contributed by atoms with van der Waals surface area (Å²) < 4.78 is 0. The Morgan fingerprint density at radius 1 is 0.852 bits per heavy atom. The molecule has 2 rings (SSSR count). The minimum Gasteiger partial charge on any atom is -0.508 e. The van der Waals surface area contributed by atoms with E-state index in [0.29, 0.717) is 16.9 Å². The van der Waals surface area contributed by atoms with Gasteiger partial charge in [-0.2, -0.15) is 5.10 Å². The smallest absolute Gasteiger partial charge is 0.329 e. The molecule has 0 saturated heterocycles. The molecule has 0 aliphatic carbocycles. The van der Waals surface area contributed by atoms with E-state index in [9.17, 15) is 24.6 Å². The number of phenolic OH excluding ortho intramolecular Hbond substituents is 2. The van der Waals surface area contributed by atoms with Crippen LogP contribution in [0.2, 0.25) is 0 Å². The zero-order valence-electron chi connectivity index (χ0n) is 14.6. The number of anilines is 2. The van der Waals surface area contributed by atoms with Crippen molar-refractivity contribution in [1.29, 1.82) is 0 Å². The molecule has 0 bridgehead atoms. The van der Waals surface area contributed by atoms with Crippen LogP contribution < -0.4 is 16.1 Å². The minimum absolute atomic E-state index is 0.114. The zero-order valence-corrected chi connectivity index (χ0v) is 14.6. The van der Waals surface area contributed by atoms with Gasteiger partial charge in [0.1, 0.15) is 11.5 Å². The first-order valence-corrected chi connectivity index (χ1v) is 7.82. The fourth-order valence-corrected chi connectivity index (χ4v) is 2.10. The fraction of sp³-hybridized carbons (Fsp3) is 0.111. The number of hydrazone groups is 1. The Labute approximate surface area is 154 Å². The topological polar surface area (TPSA) is 140 Å². The number of amides is 3. The van der Waals surface area contributed by atoms with Crippen LogP contribution in [-0.2, 0) is 14.4 Å². The first kappa shape index (κ1) is 19.4. The van der Waals surface area contributed by atoms with Crippen molar-refractivity contribution in [2.75, 3.05) is 10.6 Å². The van der Waals surface area contributed by atoms with Gasteiger partial charge in [0.25, 0.3) is 0 Å². The highest BCUT2D eigenvalue weighted by molar-refractivity contribution is 6.39. The lowest BCUT2D eigenvalue weighted by atomic mass is 10.1. The molecule has 0 fully saturated rings. The second-order valence-electron chi connectivity index (χ2n) is 5.55. The molecule has 0 unspecified atom stereocenters. The van der Waals surface area contributed by atoms with Crippen LogP contribution >= 0.6 is 0 Å². The van der Waals surface area contributed by atoms with Crippen molar-refractivity contribution >= 4 is 34.8 Å². The molecule has 0 spiro atoms. The van der Waals surface area contributed by atoms with Gasteiger partial charge in [0.2, 0.25) is 5.91 Å². The molecule has 0 aliphatic rings. The van der Waals surface area contributed by atoms with Gasteiger partial charge in [-0.05, 0) is 43.3 Å². The standard InChI is InChI=1S/C18H18N4O5/c1-10(15-8-7-14(24)9-16(15)25)21-22-18(27)17(26)20-13-5-3-12(4-6-13)19-11(2)23/h3-9,24-25H,1-2H3,(H,19,23)(H,20,26)(H,22,27). The number of nitrogens with zero attached hydrogens (tertiary/aromatic N) is 1. The molecule has 27 heavy (non-hydrogen) atoms. The summed E-state index contributed by atoms with van der Waals surface area (Å²) in [5, 5.41) is 27.7. The van der Waals surface area contributed by atoms with Crippen LogP contribution in [0.3, 0.4) is 0 Å². The average molecular weight is 370 g/mol. The van der Waals surface area contributed by atoms with Crippen LogP contribution in [0.4, 0.5) is 11.4 Å². The van der Waals surface area contributed by atoms with Crippen LogP contribution in [-0.4, -0.2) is 33.6 Å². The molecule has 5 N–H and O–H groups in total. The Morgan fingerprint density at radius 3 is 2.00 bits per heavy atom. The van der Waals surface area contributed by atoms with Crippen LogP contribution in [0.5, 0.6) is 11.5 Å². The summed E-state index contributed by atoms with van der Waals surface area (Å²) in [6.07, 6.45) is 0. The molecule has 2 aromatic rings. The maximum absolute atomic E-state index is 11.9. The van der Waals surface area contributed by atoms with Crippen molar-refractivity contribution in [1.82, 2.24) is 5.43 Å². The van der Waals surface area contributed by atoms with Crippen LogP contribution in [0, 0.1) is 0 Å². The van der Waals surface area contributed by atoms with Gasteiger partial charge in [-0.1, -0.05) is 0 Å². The number of carbonyl (C=O) groups is 3. The third kappa shape index (κ3) is 5.56. The normalized spacial score (nSPS) is 10.8. The second-order valence-corrected chi connectivity index (χ2v) is 5.55. The third-order valence-electron chi connectivity index (χ3n) is 3.37. The highest BCUT2D eigenvalue weighted by Crippen LogP contribution is 2.22. The lowest BCUT2D eigenvalue weighted by molar-refractivity contribution is -0.136. The van der Waals surface area contributed by atoms with Gasteiger partial charge in [-0.25, -0.2) is 5.43 Å². The van der Waals surface area contributed by atoms with E-state index in [2.05, 4.69) is 21.2 Å². The quantitative estimate of drug-likeness (QED) is 0.315. The van der Waals surface area contributed by atoms with Crippen molar-refractivity contribution in [3.8, 4) is 11.5 Å². The van der Waals surface area contributed by atoms with Gasteiger partial charge >= 0.3 is 11.8 Å². The summed E-state index contributed by atoms with van der Waals surface area (Å²) in [5.74, 6) is -2.49. The molecule has 9 heteroatoms. The van der Waals surface area contributed by atoms with Crippen molar-refractivity contribution in [2.24, 2.45) is 5.10 Å². The number of benzene rings is 2. The molecule has 0 atom stereocenters. The van der Waals surface area contributed by atoms with E-state index >= 15 is 0 Å². The van der Waals surface area contributed by atoms with Crippen molar-refractivity contribution in [3.05, 3.63) is 48.0 Å². The number of hydrogen-bond donors (Lipinski definition) is 5. The molecule has 140 valence electrons. The minimum atomic E-state index is -1.00. The number of rotatable bonds is 4. The molecule has 9 nitrogen and oxygen atoms in total. The SMILES string of the molecule is CC(=O)Nc1ccc(NC(=O)C(=O)NN=C(C)c2ccc(O)cc2O)cc1. The lowest BCUT2D eigenvalue weighted by Gasteiger charge is -2.07. The predicted octanol–water partition coefficient (Wildman–Crippen LogP) is 1.54. The monoisotopic (exact) mass is 370 g/mol. The maximum atomic E-state index is 11.9. The third-order valence-corrected chi connectivity index (χ3v) is 3.37. The Bertz CT molecular complexity index is 906. The van der Waals surface area contributed by atoms with E-state index in [1.165, 1.54) is 38.1 Å². The first-order valence-electron chi connectivity index (χ1n) is 7.82. The van der Waals surface area contributed by atoms with Gasteiger partial charge in [0.05, 0.1) is 5.71 Å². The van der Waals surface area contributed by atoms with Gasteiger partial charge in [0, 0.05) is 29.9 Å². The summed E-state index contributed by atoms with van der Waals surface area (Å²) in [6, 6.07) is 10.1. The number of carbonyl (C=O) groups excluding carboxylic acids is 3. The van der Waals surface area contributed by atoms with Crippen molar-refractivity contribution in [3.63, 3.8) is 0 Å². The fourth-order valence-electron chi connectivity index (χ4n) is 2.10. The van der Waals surface area contributed by atoms with Gasteiger partial charge in [-0.15, -0.1) is 0 Å². The summed E-state index contributed by atoms with van der Waals surface area (Å²) in [4.78, 5) is 34.7. The van der Waals surface area contributed by atoms with E-state index in [-0.39, 0.29) is 23.1 Å². The Hall–Kier alpha value is -3.88. The summed E-state index contributed by atoms with van der Waals surface area (Å²) in [7, 11) is 0. The van der Waals surface area contributed by atoms with Gasteiger partial charge in [-0.3, -0.25) is 14.4 Å². The van der Waals surface area contributed by atoms with Gasteiger partial charge in [0.15, 0.2) is 0 Å². The molecule has 2 aromatic carbocycles. The predicted molar refractivity (Wildman–Crippen MR) is 99.5 cm³/mol. The Kier molecular flexibility index (Phi) is 6.10. The van der Waals surface area contributed by atoms with E-state index < -0.39 is 11.8 Å². The van der Waals surface area contributed by atoms with Crippen LogP contribution in [0.15, 0.2) is 47.6 Å². The Balaban J connectivity index is 1.97. The molecule has 0 saturated carbocycles. The van der Waals surface area contributed by atoms with Crippen molar-refractivity contribution in [2.45, 2.75) is 13.8 Å². The molecule has 0 heterocycles. The first-order chi connectivity index (χ1) is 12.8. The number of phenols is 2. The number of hydrogen-bond acceptors (Lipinski definition) is 6. The summed E-state index contributed by atoms with van der Waals surface area (Å²) >= 11 is 0. The van der Waals surface area contributed by atoms with Crippen LogP contribution in [0.25, 0.3) is 0 Å². The van der Waals surface area contributed by atoms with Crippen molar-refractivity contribution < 1.29 is 24.6 Å². The Morgan fingerprint density at radius 2 is 1.44 bits per heavy atom. The van der Waals surface area contributed by atoms with E-state index in [1.807, 2.05) is 0 Å². The van der Waals surface area contributed by atoms with Gasteiger partial charge < -0.3 is 20.8 Å². The molecular formula is C18H18N4O5. The van der Waals surface area contributed by atoms with Crippen LogP contribution in [0.1, 0.15) is 19.4 Å². The molecule has 3 amide bonds. The van der Waals surface area contributed by atoms with E-state index in [1.54, 1.807) is 12.1 Å². The summed E-state index contributed by atoms with van der Waals surface area (Å²) in [5.41, 5.74) is 3.54. The number of aromatic hydroxyl groups is 2.